The highest BCUT2D eigenvalue weighted by Gasteiger charge is 2.08. The molecule has 1 N–H and O–H groups in total. The minimum absolute atomic E-state index is 0.271. The monoisotopic (exact) mass is 312 g/mol. The fourth-order valence-electron chi connectivity index (χ4n) is 2.17. The molecule has 0 atom stereocenters. The van der Waals surface area contributed by atoms with Crippen LogP contribution in [0.15, 0.2) is 48.8 Å². The summed E-state index contributed by atoms with van der Waals surface area (Å²) in [5.74, 6) is 0.184. The molecule has 2 heterocycles. The summed E-state index contributed by atoms with van der Waals surface area (Å²) >= 11 is 0. The zero-order valence-electron chi connectivity index (χ0n) is 12.4. The minimum Gasteiger partial charge on any atom is -0.366 e. The summed E-state index contributed by atoms with van der Waals surface area (Å²) in [4.78, 5) is 12.2. The van der Waals surface area contributed by atoms with Crippen LogP contribution >= 0.6 is 0 Å². The lowest BCUT2D eigenvalue weighted by Gasteiger charge is -2.09. The van der Waals surface area contributed by atoms with Crippen LogP contribution in [0.4, 0.5) is 14.6 Å². The van der Waals surface area contributed by atoms with Gasteiger partial charge in [-0.05, 0) is 30.7 Å². The Morgan fingerprint density at radius 3 is 2.70 bits per heavy atom. The standard InChI is InChI=1S/C17H14F2N4/c1-11-8-15(19)21-10-13(11)17-20-7-6-16(23-17)22-9-12-4-2-3-5-14(12)18/h2-8,10H,9H2,1H3,(H,20,22,23). The first-order valence-electron chi connectivity index (χ1n) is 7.06. The third kappa shape index (κ3) is 3.48. The number of hydrogen-bond acceptors (Lipinski definition) is 4. The summed E-state index contributed by atoms with van der Waals surface area (Å²) in [5, 5.41) is 3.06. The van der Waals surface area contributed by atoms with Crippen LogP contribution in [-0.4, -0.2) is 15.0 Å². The van der Waals surface area contributed by atoms with Gasteiger partial charge < -0.3 is 5.32 Å². The number of pyridine rings is 1. The van der Waals surface area contributed by atoms with Gasteiger partial charge in [-0.2, -0.15) is 4.39 Å². The highest BCUT2D eigenvalue weighted by molar-refractivity contribution is 5.59. The third-order valence-corrected chi connectivity index (χ3v) is 3.39. The lowest BCUT2D eigenvalue weighted by molar-refractivity contribution is 0.583. The highest BCUT2D eigenvalue weighted by Crippen LogP contribution is 2.20. The quantitative estimate of drug-likeness (QED) is 0.746. The lowest BCUT2D eigenvalue weighted by Crippen LogP contribution is -2.04. The van der Waals surface area contributed by atoms with Crippen LogP contribution in [0.2, 0.25) is 0 Å². The van der Waals surface area contributed by atoms with E-state index >= 15 is 0 Å². The van der Waals surface area contributed by atoms with Gasteiger partial charge in [0.25, 0.3) is 0 Å². The van der Waals surface area contributed by atoms with Crippen molar-refractivity contribution in [2.45, 2.75) is 13.5 Å². The van der Waals surface area contributed by atoms with E-state index in [0.29, 0.717) is 34.9 Å². The van der Waals surface area contributed by atoms with Crippen molar-refractivity contribution < 1.29 is 8.78 Å². The molecule has 0 bridgehead atoms. The van der Waals surface area contributed by atoms with Crippen molar-refractivity contribution in [1.82, 2.24) is 15.0 Å². The van der Waals surface area contributed by atoms with Gasteiger partial charge in [-0.25, -0.2) is 19.3 Å². The smallest absolute Gasteiger partial charge is 0.213 e. The molecule has 6 heteroatoms. The maximum absolute atomic E-state index is 13.6. The van der Waals surface area contributed by atoms with Gasteiger partial charge >= 0.3 is 0 Å². The first-order valence-corrected chi connectivity index (χ1v) is 7.06. The molecule has 0 amide bonds. The van der Waals surface area contributed by atoms with Gasteiger partial charge in [0.1, 0.15) is 11.6 Å². The number of nitrogens with zero attached hydrogens (tertiary/aromatic N) is 3. The predicted molar refractivity (Wildman–Crippen MR) is 83.7 cm³/mol. The van der Waals surface area contributed by atoms with Crippen molar-refractivity contribution in [3.63, 3.8) is 0 Å². The number of aromatic nitrogens is 3. The molecule has 4 nitrogen and oxygen atoms in total. The Bertz CT molecular complexity index is 836. The Balaban J connectivity index is 1.81. The molecule has 116 valence electrons. The third-order valence-electron chi connectivity index (χ3n) is 3.39. The van der Waals surface area contributed by atoms with Gasteiger partial charge in [-0.1, -0.05) is 18.2 Å². The topological polar surface area (TPSA) is 50.7 Å². The Hall–Kier alpha value is -2.89. The van der Waals surface area contributed by atoms with Gasteiger partial charge in [0, 0.05) is 30.1 Å². The Morgan fingerprint density at radius 1 is 1.09 bits per heavy atom. The van der Waals surface area contributed by atoms with Gasteiger partial charge in [0.05, 0.1) is 0 Å². The molecule has 0 unspecified atom stereocenters. The first-order chi connectivity index (χ1) is 11.1. The number of halogens is 2. The zero-order valence-corrected chi connectivity index (χ0v) is 12.4. The number of benzene rings is 1. The molecule has 1 aromatic carbocycles. The summed E-state index contributed by atoms with van der Waals surface area (Å²) in [6, 6.07) is 9.56. The maximum atomic E-state index is 13.6. The molecule has 0 fully saturated rings. The Morgan fingerprint density at radius 2 is 1.91 bits per heavy atom. The summed E-state index contributed by atoms with van der Waals surface area (Å²) in [7, 11) is 0. The van der Waals surface area contributed by atoms with Crippen molar-refractivity contribution >= 4 is 5.82 Å². The summed E-state index contributed by atoms with van der Waals surface area (Å²) in [6.07, 6.45) is 3.00. The van der Waals surface area contributed by atoms with E-state index in [2.05, 4.69) is 20.3 Å². The van der Waals surface area contributed by atoms with E-state index < -0.39 is 5.95 Å². The lowest BCUT2D eigenvalue weighted by atomic mass is 10.1. The molecular weight excluding hydrogens is 298 g/mol. The van der Waals surface area contributed by atoms with Crippen LogP contribution in [0.1, 0.15) is 11.1 Å². The van der Waals surface area contributed by atoms with Crippen molar-refractivity contribution in [3.8, 4) is 11.4 Å². The fraction of sp³-hybridized carbons (Fsp3) is 0.118. The van der Waals surface area contributed by atoms with Gasteiger partial charge in [-0.15, -0.1) is 0 Å². The minimum atomic E-state index is -0.542. The second kappa shape index (κ2) is 6.48. The van der Waals surface area contributed by atoms with Gasteiger partial charge in [-0.3, -0.25) is 0 Å². The van der Waals surface area contributed by atoms with E-state index in [9.17, 15) is 8.78 Å². The van der Waals surface area contributed by atoms with Crippen molar-refractivity contribution in [2.75, 3.05) is 5.32 Å². The van der Waals surface area contributed by atoms with E-state index in [0.717, 1.165) is 0 Å². The number of hydrogen-bond donors (Lipinski definition) is 1. The Labute approximate surface area is 132 Å². The van der Waals surface area contributed by atoms with Gasteiger partial charge in [0.2, 0.25) is 5.95 Å². The summed E-state index contributed by atoms with van der Waals surface area (Å²) in [5.41, 5.74) is 1.90. The van der Waals surface area contributed by atoms with E-state index in [4.69, 9.17) is 0 Å². The van der Waals surface area contributed by atoms with E-state index in [1.54, 1.807) is 37.4 Å². The molecule has 3 aromatic rings. The molecule has 0 aliphatic heterocycles. The molecular formula is C17H14F2N4. The molecule has 23 heavy (non-hydrogen) atoms. The zero-order chi connectivity index (χ0) is 16.2. The summed E-state index contributed by atoms with van der Waals surface area (Å²) in [6.45, 7) is 2.08. The molecule has 0 saturated carbocycles. The van der Waals surface area contributed by atoms with Crippen LogP contribution in [0.25, 0.3) is 11.4 Å². The molecule has 0 radical (unpaired) electrons. The summed E-state index contributed by atoms with van der Waals surface area (Å²) < 4.78 is 26.7. The second-order valence-corrected chi connectivity index (χ2v) is 5.03. The van der Waals surface area contributed by atoms with Crippen LogP contribution in [0.5, 0.6) is 0 Å². The average Bonchev–Trinajstić information content (AvgIpc) is 2.54. The number of aryl methyl sites for hydroxylation is 1. The van der Waals surface area contributed by atoms with Crippen LogP contribution in [-0.2, 0) is 6.54 Å². The second-order valence-electron chi connectivity index (χ2n) is 5.03. The number of anilines is 1. The van der Waals surface area contributed by atoms with Crippen molar-refractivity contribution in [2.24, 2.45) is 0 Å². The predicted octanol–water partition coefficient (Wildman–Crippen LogP) is 3.74. The highest BCUT2D eigenvalue weighted by atomic mass is 19.1. The molecule has 0 saturated heterocycles. The molecule has 0 spiro atoms. The number of nitrogens with one attached hydrogen (secondary N) is 1. The molecule has 3 rings (SSSR count). The Kier molecular flexibility index (Phi) is 4.23. The van der Waals surface area contributed by atoms with Crippen LogP contribution in [0, 0.1) is 18.7 Å². The molecule has 0 aliphatic carbocycles. The molecule has 0 aliphatic rings. The fourth-order valence-corrected chi connectivity index (χ4v) is 2.17. The van der Waals surface area contributed by atoms with Crippen LogP contribution in [0.3, 0.4) is 0 Å². The normalized spacial score (nSPS) is 10.6. The molecule has 2 aromatic heterocycles. The van der Waals surface area contributed by atoms with E-state index in [-0.39, 0.29) is 5.82 Å². The van der Waals surface area contributed by atoms with E-state index in [1.165, 1.54) is 18.3 Å². The largest absolute Gasteiger partial charge is 0.366 e. The van der Waals surface area contributed by atoms with E-state index in [1.807, 2.05) is 0 Å². The number of rotatable bonds is 4. The maximum Gasteiger partial charge on any atom is 0.213 e. The SMILES string of the molecule is Cc1cc(F)ncc1-c1nccc(NCc2ccccc2F)n1. The van der Waals surface area contributed by atoms with Crippen LogP contribution < -0.4 is 5.32 Å². The average molecular weight is 312 g/mol. The van der Waals surface area contributed by atoms with Gasteiger partial charge in [0.15, 0.2) is 5.82 Å². The first kappa shape index (κ1) is 15.0. The van der Waals surface area contributed by atoms with Crippen molar-refractivity contribution in [3.05, 3.63) is 71.7 Å². The van der Waals surface area contributed by atoms with Crippen molar-refractivity contribution in [1.29, 1.82) is 0 Å².